The molecule has 0 heterocycles. The van der Waals surface area contributed by atoms with Crippen molar-refractivity contribution in [3.8, 4) is 0 Å². The van der Waals surface area contributed by atoms with Crippen molar-refractivity contribution in [2.45, 2.75) is 50.9 Å². The van der Waals surface area contributed by atoms with Crippen LogP contribution in [0.1, 0.15) is 44.2 Å². The Balaban J connectivity index is 1.87. The third kappa shape index (κ3) is 5.11. The zero-order valence-electron chi connectivity index (χ0n) is 12.8. The van der Waals surface area contributed by atoms with E-state index < -0.39 is 36.0 Å². The Morgan fingerprint density at radius 3 is 2.70 bits per heavy atom. The quantitative estimate of drug-likeness (QED) is 0.796. The smallest absolute Gasteiger partial charge is 0.335 e. The van der Waals surface area contributed by atoms with Gasteiger partial charge in [-0.3, -0.25) is 0 Å². The molecular weight excluding hydrogens is 312 g/mol. The van der Waals surface area contributed by atoms with Crippen molar-refractivity contribution in [1.29, 1.82) is 0 Å². The Kier molecular flexibility index (Phi) is 5.49. The van der Waals surface area contributed by atoms with Crippen molar-refractivity contribution in [2.75, 3.05) is 0 Å². The van der Waals surface area contributed by atoms with Gasteiger partial charge in [-0.1, -0.05) is 18.6 Å². The molecule has 23 heavy (non-hydrogen) atoms. The lowest BCUT2D eigenvalue weighted by molar-refractivity contribution is -0.183. The van der Waals surface area contributed by atoms with Crippen LogP contribution < -0.4 is 10.6 Å². The number of halogens is 4. The van der Waals surface area contributed by atoms with E-state index >= 15 is 0 Å². The SMILES string of the molecule is C[C@@H](NC(=O)N[C@H]1CCC[C@@H](C(F)(F)F)C1)c1cccc(F)c1. The Bertz CT molecular complexity index is 547. The van der Waals surface area contributed by atoms with Gasteiger partial charge in [0.1, 0.15) is 5.82 Å². The molecule has 1 aliphatic carbocycles. The number of alkyl halides is 3. The van der Waals surface area contributed by atoms with Crippen LogP contribution in [-0.2, 0) is 0 Å². The van der Waals surface area contributed by atoms with Crippen LogP contribution in [0.25, 0.3) is 0 Å². The van der Waals surface area contributed by atoms with E-state index in [1.54, 1.807) is 13.0 Å². The first-order chi connectivity index (χ1) is 10.8. The fourth-order valence-corrected chi connectivity index (χ4v) is 2.90. The molecule has 0 spiro atoms. The van der Waals surface area contributed by atoms with Crippen LogP contribution in [0.4, 0.5) is 22.4 Å². The minimum Gasteiger partial charge on any atom is -0.335 e. The van der Waals surface area contributed by atoms with Gasteiger partial charge in [0.2, 0.25) is 0 Å². The molecule has 7 heteroatoms. The highest BCUT2D eigenvalue weighted by molar-refractivity contribution is 5.74. The third-order valence-electron chi connectivity index (χ3n) is 4.17. The zero-order valence-corrected chi connectivity index (χ0v) is 12.8. The van der Waals surface area contributed by atoms with E-state index in [1.807, 2.05) is 0 Å². The molecule has 0 unspecified atom stereocenters. The number of hydrogen-bond acceptors (Lipinski definition) is 1. The molecule has 1 aromatic rings. The highest BCUT2D eigenvalue weighted by atomic mass is 19.4. The van der Waals surface area contributed by atoms with Gasteiger partial charge < -0.3 is 10.6 Å². The highest BCUT2D eigenvalue weighted by Gasteiger charge is 2.42. The fourth-order valence-electron chi connectivity index (χ4n) is 2.90. The zero-order chi connectivity index (χ0) is 17.0. The Labute approximate surface area is 132 Å². The fraction of sp³-hybridized carbons (Fsp3) is 0.562. The molecule has 1 aliphatic rings. The molecule has 2 rings (SSSR count). The first kappa shape index (κ1) is 17.6. The standard InChI is InChI=1S/C16H20F4N2O/c1-10(11-4-2-6-13(17)8-11)21-15(23)22-14-7-3-5-12(9-14)16(18,19)20/h2,4,6,8,10,12,14H,3,5,7,9H2,1H3,(H2,21,22,23)/t10-,12-,14+/m1/s1. The highest BCUT2D eigenvalue weighted by Crippen LogP contribution is 2.37. The van der Waals surface area contributed by atoms with E-state index in [-0.39, 0.29) is 12.8 Å². The van der Waals surface area contributed by atoms with Crippen molar-refractivity contribution in [3.05, 3.63) is 35.6 Å². The molecule has 3 nitrogen and oxygen atoms in total. The Morgan fingerprint density at radius 1 is 1.30 bits per heavy atom. The summed E-state index contributed by atoms with van der Waals surface area (Å²) < 4.78 is 51.4. The molecule has 0 aromatic heterocycles. The summed E-state index contributed by atoms with van der Waals surface area (Å²) in [5.74, 6) is -1.76. The molecular formula is C16H20F4N2O. The van der Waals surface area contributed by atoms with Gasteiger partial charge in [-0.25, -0.2) is 9.18 Å². The summed E-state index contributed by atoms with van der Waals surface area (Å²) in [5, 5.41) is 5.22. The van der Waals surface area contributed by atoms with Crippen LogP contribution in [-0.4, -0.2) is 18.2 Å². The number of carbonyl (C=O) groups excluding carboxylic acids is 1. The number of urea groups is 1. The number of hydrogen-bond donors (Lipinski definition) is 2. The minimum atomic E-state index is -4.22. The lowest BCUT2D eigenvalue weighted by atomic mass is 9.85. The second-order valence-electron chi connectivity index (χ2n) is 6.00. The van der Waals surface area contributed by atoms with E-state index in [0.717, 1.165) is 0 Å². The molecule has 0 saturated heterocycles. The van der Waals surface area contributed by atoms with Gasteiger partial charge in [-0.2, -0.15) is 13.2 Å². The summed E-state index contributed by atoms with van der Waals surface area (Å²) in [6.45, 7) is 1.69. The van der Waals surface area contributed by atoms with Crippen LogP contribution >= 0.6 is 0 Å². The summed E-state index contributed by atoms with van der Waals surface area (Å²) in [6, 6.07) is 4.36. The molecule has 1 fully saturated rings. The second kappa shape index (κ2) is 7.19. The van der Waals surface area contributed by atoms with Crippen molar-refractivity contribution in [1.82, 2.24) is 10.6 Å². The summed E-state index contributed by atoms with van der Waals surface area (Å²) in [5.41, 5.74) is 0.594. The van der Waals surface area contributed by atoms with Gasteiger partial charge in [0.15, 0.2) is 0 Å². The normalized spacial score (nSPS) is 23.2. The number of rotatable bonds is 3. The van der Waals surface area contributed by atoms with E-state index in [4.69, 9.17) is 0 Å². The molecule has 1 aromatic carbocycles. The van der Waals surface area contributed by atoms with Gasteiger partial charge in [0.05, 0.1) is 12.0 Å². The summed E-state index contributed by atoms with van der Waals surface area (Å²) in [6.07, 6.45) is -3.22. The topological polar surface area (TPSA) is 41.1 Å². The average molecular weight is 332 g/mol. The van der Waals surface area contributed by atoms with Gasteiger partial charge in [0.25, 0.3) is 0 Å². The first-order valence-electron chi connectivity index (χ1n) is 7.65. The largest absolute Gasteiger partial charge is 0.391 e. The molecule has 128 valence electrons. The van der Waals surface area contributed by atoms with Gasteiger partial charge >= 0.3 is 12.2 Å². The van der Waals surface area contributed by atoms with E-state index in [1.165, 1.54) is 18.2 Å². The van der Waals surface area contributed by atoms with Crippen molar-refractivity contribution < 1.29 is 22.4 Å². The number of amides is 2. The van der Waals surface area contributed by atoms with Crippen LogP contribution in [0.15, 0.2) is 24.3 Å². The van der Waals surface area contributed by atoms with Crippen LogP contribution in [0, 0.1) is 11.7 Å². The molecule has 0 radical (unpaired) electrons. The molecule has 0 bridgehead atoms. The minimum absolute atomic E-state index is 0.0920. The maximum absolute atomic E-state index is 13.2. The first-order valence-corrected chi connectivity index (χ1v) is 7.65. The maximum Gasteiger partial charge on any atom is 0.391 e. The van der Waals surface area contributed by atoms with Gasteiger partial charge in [-0.05, 0) is 43.9 Å². The summed E-state index contributed by atoms with van der Waals surface area (Å²) >= 11 is 0. The number of carbonyl (C=O) groups is 1. The van der Waals surface area contributed by atoms with Crippen LogP contribution in [0.2, 0.25) is 0 Å². The summed E-state index contributed by atoms with van der Waals surface area (Å²) in [4.78, 5) is 11.9. The molecule has 1 saturated carbocycles. The third-order valence-corrected chi connectivity index (χ3v) is 4.17. The number of benzene rings is 1. The predicted molar refractivity (Wildman–Crippen MR) is 78.3 cm³/mol. The van der Waals surface area contributed by atoms with Crippen LogP contribution in [0.3, 0.4) is 0 Å². The van der Waals surface area contributed by atoms with Crippen molar-refractivity contribution in [3.63, 3.8) is 0 Å². The van der Waals surface area contributed by atoms with Gasteiger partial charge in [-0.15, -0.1) is 0 Å². The monoisotopic (exact) mass is 332 g/mol. The van der Waals surface area contributed by atoms with E-state index in [9.17, 15) is 22.4 Å². The molecule has 3 atom stereocenters. The molecule has 2 amide bonds. The molecule has 2 N–H and O–H groups in total. The Hall–Kier alpha value is -1.79. The lowest BCUT2D eigenvalue weighted by Gasteiger charge is -2.31. The van der Waals surface area contributed by atoms with Crippen molar-refractivity contribution in [2.24, 2.45) is 5.92 Å². The average Bonchev–Trinajstić information content (AvgIpc) is 2.46. The molecule has 0 aliphatic heterocycles. The van der Waals surface area contributed by atoms with Crippen LogP contribution in [0.5, 0.6) is 0 Å². The predicted octanol–water partition coefficient (Wildman–Crippen LogP) is 4.31. The van der Waals surface area contributed by atoms with E-state index in [2.05, 4.69) is 10.6 Å². The summed E-state index contributed by atoms with van der Waals surface area (Å²) in [7, 11) is 0. The van der Waals surface area contributed by atoms with Crippen molar-refractivity contribution >= 4 is 6.03 Å². The lowest BCUT2D eigenvalue weighted by Crippen LogP contribution is -2.46. The second-order valence-corrected chi connectivity index (χ2v) is 6.00. The van der Waals surface area contributed by atoms with Gasteiger partial charge in [0, 0.05) is 6.04 Å². The number of nitrogens with one attached hydrogen (secondary N) is 2. The maximum atomic E-state index is 13.2. The Morgan fingerprint density at radius 2 is 2.04 bits per heavy atom. The van der Waals surface area contributed by atoms with E-state index in [0.29, 0.717) is 18.4 Å².